The Morgan fingerprint density at radius 3 is 1.00 bits per heavy atom. The van der Waals surface area contributed by atoms with Gasteiger partial charge in [0.25, 0.3) is 0 Å². The Kier molecular flexibility index (Phi) is 10.9. The number of hydrogen-bond donors (Lipinski definition) is 4. The van der Waals surface area contributed by atoms with Crippen molar-refractivity contribution in [2.45, 2.75) is 0 Å². The second-order valence-electron chi connectivity index (χ2n) is 22.7. The minimum atomic E-state index is 0.737. The third-order valence-electron chi connectivity index (χ3n) is 17.7. The molecule has 0 saturated carbocycles. The summed E-state index contributed by atoms with van der Waals surface area (Å²) in [5.74, 6) is 1.47. The Hall–Kier alpha value is -11.9. The third kappa shape index (κ3) is 7.62. The molecule has 88 heavy (non-hydrogen) atoms. The predicted octanol–water partition coefficient (Wildman–Crippen LogP) is 19.6. The van der Waals surface area contributed by atoms with Gasteiger partial charge in [-0.3, -0.25) is 0 Å². The number of nitrogens with one attached hydrogen (secondary N) is 4. The van der Waals surface area contributed by atoms with E-state index < -0.39 is 0 Å². The summed E-state index contributed by atoms with van der Waals surface area (Å²) < 4.78 is 11.9. The summed E-state index contributed by atoms with van der Waals surface area (Å²) in [7, 11) is 3.43. The molecule has 10 heteroatoms. The van der Waals surface area contributed by atoms with E-state index in [-0.39, 0.29) is 0 Å². The van der Waals surface area contributed by atoms with Crippen LogP contribution in [-0.2, 0) is 0 Å². The number of aromatic nitrogens is 8. The summed E-state index contributed by atoms with van der Waals surface area (Å²) in [5, 5.41) is 5.84. The highest BCUT2D eigenvalue weighted by atomic mass is 16.5. The summed E-state index contributed by atoms with van der Waals surface area (Å²) in [5.41, 5.74) is 25.6. The minimum absolute atomic E-state index is 0.737. The highest BCUT2D eigenvalue weighted by Gasteiger charge is 2.27. The lowest BCUT2D eigenvalue weighted by Gasteiger charge is -2.08. The lowest BCUT2D eigenvalue weighted by molar-refractivity contribution is 0.415. The van der Waals surface area contributed by atoms with Gasteiger partial charge < -0.3 is 29.4 Å². The molecule has 18 rings (SSSR count). The van der Waals surface area contributed by atoms with Crippen molar-refractivity contribution < 1.29 is 9.47 Å². The zero-order chi connectivity index (χ0) is 58.1. The van der Waals surface area contributed by atoms with E-state index in [1.807, 2.05) is 24.3 Å². The van der Waals surface area contributed by atoms with Gasteiger partial charge in [-0.2, -0.15) is 0 Å². The zero-order valence-electron chi connectivity index (χ0n) is 47.7. The molecule has 2 aliphatic rings. The van der Waals surface area contributed by atoms with E-state index in [1.54, 1.807) is 14.2 Å². The average Bonchev–Trinajstić information content (AvgIpc) is 1.87. The fourth-order valence-electron chi connectivity index (χ4n) is 13.9. The zero-order valence-corrected chi connectivity index (χ0v) is 47.7. The number of H-pyrrole nitrogens is 4. The van der Waals surface area contributed by atoms with Crippen LogP contribution in [0.3, 0.4) is 0 Å². The van der Waals surface area contributed by atoms with Crippen molar-refractivity contribution in [3.8, 4) is 78.3 Å². The summed E-state index contributed by atoms with van der Waals surface area (Å²) in [6.45, 7) is 0. The number of fused-ring (bicyclic) bond motifs is 14. The van der Waals surface area contributed by atoms with Crippen molar-refractivity contribution in [3.63, 3.8) is 0 Å². The van der Waals surface area contributed by atoms with Crippen LogP contribution in [0.25, 0.3) is 190 Å². The van der Waals surface area contributed by atoms with E-state index in [9.17, 15) is 0 Å². The Morgan fingerprint density at radius 1 is 0.273 bits per heavy atom. The molecule has 0 fully saturated rings. The van der Waals surface area contributed by atoms with Gasteiger partial charge in [0.1, 0.15) is 11.5 Å². The van der Waals surface area contributed by atoms with Crippen molar-refractivity contribution in [1.29, 1.82) is 0 Å². The molecule has 10 nitrogen and oxygen atoms in total. The topological polar surface area (TPSA) is 133 Å². The molecular weight excluding hydrogens is 1080 g/mol. The summed E-state index contributed by atoms with van der Waals surface area (Å²) in [6, 6.07) is 76.7. The SMILES string of the molecule is COc1cccc(-c2c3nc(c(-c4ccccc4)c4ccc([nH]4)c(-c4cccc(OC)c4)c4cc5c6cc7[nH]c6c6c8nc(cc8c8cc2[nH]c8c6c5n4)c(-c2ccccc2)c2ccc([nH]2)c(-c2ccccc2)c2nc(c7-c4ccccc4)C=C2)C=C3)c1. The van der Waals surface area contributed by atoms with Crippen LogP contribution >= 0.6 is 0 Å². The molecule has 2 aliphatic heterocycles. The number of benzene rings is 8. The van der Waals surface area contributed by atoms with Gasteiger partial charge in [0.15, 0.2) is 0 Å². The molecule has 8 aromatic heterocycles. The normalized spacial score (nSPS) is 12.3. The summed E-state index contributed by atoms with van der Waals surface area (Å²) in [4.78, 5) is 39.4. The summed E-state index contributed by atoms with van der Waals surface area (Å²) >= 11 is 0. The Bertz CT molecular complexity index is 5820. The van der Waals surface area contributed by atoms with E-state index in [0.29, 0.717) is 0 Å². The van der Waals surface area contributed by atoms with E-state index in [2.05, 4.69) is 238 Å². The number of nitrogens with zero attached hydrogens (tertiary/aromatic N) is 4. The van der Waals surface area contributed by atoms with Gasteiger partial charge in [-0.1, -0.05) is 146 Å². The van der Waals surface area contributed by atoms with Crippen LogP contribution in [0.1, 0.15) is 22.8 Å². The van der Waals surface area contributed by atoms with Gasteiger partial charge in [-0.25, -0.2) is 19.9 Å². The van der Waals surface area contributed by atoms with Crippen LogP contribution in [0.2, 0.25) is 0 Å². The van der Waals surface area contributed by atoms with Crippen LogP contribution in [0.5, 0.6) is 11.5 Å². The Morgan fingerprint density at radius 2 is 0.602 bits per heavy atom. The monoisotopic (exact) mass is 1130 g/mol. The molecule has 16 aromatic rings. The van der Waals surface area contributed by atoms with Crippen molar-refractivity contribution >= 4 is 123 Å². The molecule has 0 spiro atoms. The van der Waals surface area contributed by atoms with Crippen LogP contribution in [0, 0.1) is 0 Å². The first-order chi connectivity index (χ1) is 43.5. The maximum atomic E-state index is 5.97. The smallest absolute Gasteiger partial charge is 0.119 e. The van der Waals surface area contributed by atoms with Gasteiger partial charge in [-0.15, -0.1) is 0 Å². The van der Waals surface area contributed by atoms with Crippen molar-refractivity contribution in [2.24, 2.45) is 0 Å². The summed E-state index contributed by atoms with van der Waals surface area (Å²) in [6.07, 6.45) is 8.60. The Labute approximate surface area is 503 Å². The number of rotatable bonds is 8. The molecule has 10 heterocycles. The Balaban J connectivity index is 1.12. The van der Waals surface area contributed by atoms with Crippen molar-refractivity contribution in [2.75, 3.05) is 14.2 Å². The molecule has 0 atom stereocenters. The lowest BCUT2D eigenvalue weighted by Crippen LogP contribution is -1.89. The first-order valence-corrected chi connectivity index (χ1v) is 29.5. The highest BCUT2D eigenvalue weighted by Crippen LogP contribution is 2.49. The van der Waals surface area contributed by atoms with E-state index in [0.717, 1.165) is 200 Å². The molecule has 414 valence electrons. The van der Waals surface area contributed by atoms with Gasteiger partial charge >= 0.3 is 0 Å². The standard InChI is InChI=1S/C78H50N8O2/c1-87-49-27-15-25-47(37-49)71-61-35-31-57(81-61)68(44-19-9-4-10-20-44)58-32-36-62(82-58)72(48-26-16-28-50(38-48)88-2)66-42-54-52-40-64-70(46-23-13-6-14-24-46)60-34-30-56(80-60)67(43-17-7-3-8-18-43)55-29-33-59(79-55)69(45-21-11-5-12-22-45)63-39-51-53-41-65(71)85-77(53)74(78(54)86-66)73(75(51)83-63)76(52)84-64/h3-42,79,82,84-85H,1-2H3. The second-order valence-corrected chi connectivity index (χ2v) is 22.7. The van der Waals surface area contributed by atoms with Crippen molar-refractivity contribution in [3.05, 3.63) is 241 Å². The average molecular weight is 1130 g/mol. The first-order valence-electron chi connectivity index (χ1n) is 29.5. The third-order valence-corrected chi connectivity index (χ3v) is 17.7. The number of ether oxygens (including phenoxy) is 2. The van der Waals surface area contributed by atoms with Gasteiger partial charge in [0, 0.05) is 98.8 Å². The van der Waals surface area contributed by atoms with Crippen LogP contribution in [0.15, 0.2) is 218 Å². The number of aromatic amines is 4. The van der Waals surface area contributed by atoms with Gasteiger partial charge in [-0.05, 0) is 130 Å². The molecule has 4 N–H and O–H groups in total. The quantitative estimate of drug-likeness (QED) is 0.120. The second kappa shape index (κ2) is 19.3. The van der Waals surface area contributed by atoms with Gasteiger partial charge in [0.05, 0.1) is 70.1 Å². The van der Waals surface area contributed by atoms with E-state index >= 15 is 0 Å². The molecule has 0 saturated heterocycles. The minimum Gasteiger partial charge on any atom is -0.497 e. The predicted molar refractivity (Wildman–Crippen MR) is 363 cm³/mol. The van der Waals surface area contributed by atoms with E-state index in [1.165, 1.54) is 0 Å². The van der Waals surface area contributed by atoms with Crippen LogP contribution < -0.4 is 9.47 Å². The molecule has 16 bridgehead atoms. The van der Waals surface area contributed by atoms with E-state index in [4.69, 9.17) is 29.4 Å². The fourth-order valence-corrected chi connectivity index (χ4v) is 13.9. The van der Waals surface area contributed by atoms with Crippen LogP contribution in [-0.4, -0.2) is 54.1 Å². The number of hydrogen-bond acceptors (Lipinski definition) is 6. The van der Waals surface area contributed by atoms with Gasteiger partial charge in [0.2, 0.25) is 0 Å². The molecule has 0 radical (unpaired) electrons. The lowest BCUT2D eigenvalue weighted by atomic mass is 9.97. The van der Waals surface area contributed by atoms with Crippen LogP contribution in [0.4, 0.5) is 0 Å². The largest absolute Gasteiger partial charge is 0.497 e. The molecule has 0 unspecified atom stereocenters. The highest BCUT2D eigenvalue weighted by molar-refractivity contribution is 6.39. The number of methoxy groups -OCH3 is 2. The molecule has 0 amide bonds. The first kappa shape index (κ1) is 49.5. The maximum Gasteiger partial charge on any atom is 0.119 e. The van der Waals surface area contributed by atoms with Crippen molar-refractivity contribution in [1.82, 2.24) is 39.9 Å². The molecule has 8 aromatic carbocycles. The molecular formula is C78H50N8O2. The fraction of sp³-hybridized carbons (Fsp3) is 0.0256. The maximum absolute atomic E-state index is 5.97. The molecule has 0 aliphatic carbocycles.